The van der Waals surface area contributed by atoms with Crippen LogP contribution in [0, 0.1) is 0 Å². The first kappa shape index (κ1) is 19.4. The first-order valence-electron chi connectivity index (χ1n) is 7.43. The molecule has 1 amide bonds. The van der Waals surface area contributed by atoms with Gasteiger partial charge in [-0.1, -0.05) is 34.5 Å². The number of rotatable bonds is 8. The van der Waals surface area contributed by atoms with Crippen LogP contribution in [0.2, 0.25) is 0 Å². The largest absolute Gasteiger partial charge is 0.383 e. The van der Waals surface area contributed by atoms with Crippen molar-refractivity contribution in [3.05, 3.63) is 34.3 Å². The number of halogens is 2. The summed E-state index contributed by atoms with van der Waals surface area (Å²) in [7, 11) is 1.68. The molecule has 1 aromatic rings. The third-order valence-electron chi connectivity index (χ3n) is 4.11. The highest BCUT2D eigenvalue weighted by molar-refractivity contribution is 9.10. The second-order valence-corrected chi connectivity index (χ2v) is 6.36. The van der Waals surface area contributed by atoms with Crippen molar-refractivity contribution in [1.29, 1.82) is 0 Å². The summed E-state index contributed by atoms with van der Waals surface area (Å²) in [5.74, 6) is 0.157. The quantitative estimate of drug-likeness (QED) is 0.670. The minimum Gasteiger partial charge on any atom is -0.383 e. The van der Waals surface area contributed by atoms with Crippen molar-refractivity contribution in [2.24, 2.45) is 0 Å². The summed E-state index contributed by atoms with van der Waals surface area (Å²) in [5, 5.41) is 6.29. The fraction of sp³-hybridized carbons (Fsp3) is 0.562. The van der Waals surface area contributed by atoms with Crippen LogP contribution in [0.25, 0.3) is 0 Å². The number of methoxy groups -OCH3 is 1. The average molecular weight is 392 g/mol. The summed E-state index contributed by atoms with van der Waals surface area (Å²) < 4.78 is 6.01. The molecule has 1 aliphatic rings. The lowest BCUT2D eigenvalue weighted by Gasteiger charge is -2.40. The number of benzene rings is 1. The van der Waals surface area contributed by atoms with E-state index in [0.717, 1.165) is 42.4 Å². The fourth-order valence-electron chi connectivity index (χ4n) is 2.68. The SMILES string of the molecule is COCCNCCNC(=O)C1(c2ccc(Br)cc2)CCC1.Cl. The minimum absolute atomic E-state index is 0. The normalized spacial score (nSPS) is 15.5. The topological polar surface area (TPSA) is 50.4 Å². The van der Waals surface area contributed by atoms with E-state index in [4.69, 9.17) is 4.74 Å². The van der Waals surface area contributed by atoms with Crippen LogP contribution in [0.4, 0.5) is 0 Å². The van der Waals surface area contributed by atoms with E-state index in [1.165, 1.54) is 0 Å². The molecule has 0 aliphatic heterocycles. The van der Waals surface area contributed by atoms with Crippen LogP contribution >= 0.6 is 28.3 Å². The molecular weight excluding hydrogens is 368 g/mol. The second kappa shape index (κ2) is 9.50. The van der Waals surface area contributed by atoms with Gasteiger partial charge in [0.1, 0.15) is 0 Å². The van der Waals surface area contributed by atoms with Crippen LogP contribution in [0.15, 0.2) is 28.7 Å². The number of carbonyl (C=O) groups excluding carboxylic acids is 1. The van der Waals surface area contributed by atoms with E-state index in [-0.39, 0.29) is 23.7 Å². The van der Waals surface area contributed by atoms with Gasteiger partial charge in [0.25, 0.3) is 0 Å². The predicted molar refractivity (Wildman–Crippen MR) is 94.7 cm³/mol. The van der Waals surface area contributed by atoms with Gasteiger partial charge in [0.05, 0.1) is 12.0 Å². The molecule has 0 unspecified atom stereocenters. The summed E-state index contributed by atoms with van der Waals surface area (Å²) in [6, 6.07) is 8.13. The maximum atomic E-state index is 12.5. The monoisotopic (exact) mass is 390 g/mol. The van der Waals surface area contributed by atoms with E-state index in [1.54, 1.807) is 7.11 Å². The van der Waals surface area contributed by atoms with Crippen LogP contribution in [-0.4, -0.2) is 39.3 Å². The number of hydrogen-bond donors (Lipinski definition) is 2. The van der Waals surface area contributed by atoms with Gasteiger partial charge in [0.15, 0.2) is 0 Å². The molecular formula is C16H24BrClN2O2. The summed E-state index contributed by atoms with van der Waals surface area (Å²) in [5.41, 5.74) is 0.814. The molecule has 0 radical (unpaired) electrons. The Bertz CT molecular complexity index is 464. The van der Waals surface area contributed by atoms with Gasteiger partial charge >= 0.3 is 0 Å². The maximum absolute atomic E-state index is 12.5. The Morgan fingerprint density at radius 3 is 2.45 bits per heavy atom. The Morgan fingerprint density at radius 1 is 1.23 bits per heavy atom. The Kier molecular flexibility index (Phi) is 8.39. The van der Waals surface area contributed by atoms with E-state index < -0.39 is 0 Å². The molecule has 4 nitrogen and oxygen atoms in total. The molecule has 1 fully saturated rings. The van der Waals surface area contributed by atoms with Crippen molar-refractivity contribution in [2.75, 3.05) is 33.4 Å². The first-order valence-corrected chi connectivity index (χ1v) is 8.22. The number of nitrogens with one attached hydrogen (secondary N) is 2. The highest BCUT2D eigenvalue weighted by Gasteiger charge is 2.45. The van der Waals surface area contributed by atoms with Crippen LogP contribution in [0.3, 0.4) is 0 Å². The Labute approximate surface area is 146 Å². The van der Waals surface area contributed by atoms with Gasteiger partial charge in [-0.2, -0.15) is 0 Å². The lowest BCUT2D eigenvalue weighted by Crippen LogP contribution is -2.50. The van der Waals surface area contributed by atoms with Gasteiger partial charge in [-0.15, -0.1) is 12.4 Å². The van der Waals surface area contributed by atoms with Gasteiger partial charge in [0.2, 0.25) is 5.91 Å². The standard InChI is InChI=1S/C16H23BrN2O2.ClH/c1-21-12-11-18-9-10-19-15(20)16(7-2-8-16)13-3-5-14(17)6-4-13;/h3-6,18H,2,7-12H2,1H3,(H,19,20);1H. The molecule has 0 bridgehead atoms. The van der Waals surface area contributed by atoms with Crippen molar-refractivity contribution >= 4 is 34.2 Å². The van der Waals surface area contributed by atoms with E-state index >= 15 is 0 Å². The lowest BCUT2D eigenvalue weighted by molar-refractivity contribution is -0.129. The molecule has 22 heavy (non-hydrogen) atoms. The van der Waals surface area contributed by atoms with Gasteiger partial charge in [0, 0.05) is 31.2 Å². The third-order valence-corrected chi connectivity index (χ3v) is 4.64. The van der Waals surface area contributed by atoms with E-state index in [2.05, 4.69) is 38.7 Å². The van der Waals surface area contributed by atoms with E-state index in [9.17, 15) is 4.79 Å². The molecule has 0 spiro atoms. The highest BCUT2D eigenvalue weighted by atomic mass is 79.9. The summed E-state index contributed by atoms with van der Waals surface area (Å²) in [6.07, 6.45) is 3.00. The summed E-state index contributed by atoms with van der Waals surface area (Å²) in [6.45, 7) is 2.92. The zero-order valence-electron chi connectivity index (χ0n) is 12.9. The molecule has 2 N–H and O–H groups in total. The number of carbonyl (C=O) groups is 1. The molecule has 1 aromatic carbocycles. The van der Waals surface area contributed by atoms with Gasteiger partial charge in [-0.25, -0.2) is 0 Å². The number of hydrogen-bond acceptors (Lipinski definition) is 3. The Balaban J connectivity index is 0.00000242. The second-order valence-electron chi connectivity index (χ2n) is 5.44. The van der Waals surface area contributed by atoms with E-state index in [1.807, 2.05) is 12.1 Å². The molecule has 0 atom stereocenters. The molecule has 124 valence electrons. The van der Waals surface area contributed by atoms with Crippen molar-refractivity contribution < 1.29 is 9.53 Å². The van der Waals surface area contributed by atoms with Gasteiger partial charge in [-0.3, -0.25) is 4.79 Å². The number of ether oxygens (including phenoxy) is 1. The lowest BCUT2D eigenvalue weighted by atomic mass is 9.64. The van der Waals surface area contributed by atoms with Crippen LogP contribution in [-0.2, 0) is 14.9 Å². The molecule has 0 aromatic heterocycles. The predicted octanol–water partition coefficient (Wildman–Crippen LogP) is 2.64. The average Bonchev–Trinajstić information content (AvgIpc) is 2.43. The molecule has 6 heteroatoms. The van der Waals surface area contributed by atoms with Crippen molar-refractivity contribution in [2.45, 2.75) is 24.7 Å². The van der Waals surface area contributed by atoms with Crippen molar-refractivity contribution in [3.63, 3.8) is 0 Å². The van der Waals surface area contributed by atoms with Gasteiger partial charge < -0.3 is 15.4 Å². The third kappa shape index (κ3) is 4.69. The van der Waals surface area contributed by atoms with Crippen LogP contribution in [0.1, 0.15) is 24.8 Å². The molecule has 0 heterocycles. The molecule has 1 aliphatic carbocycles. The molecule has 2 rings (SSSR count). The van der Waals surface area contributed by atoms with Crippen molar-refractivity contribution in [3.8, 4) is 0 Å². The number of amides is 1. The van der Waals surface area contributed by atoms with Gasteiger partial charge in [-0.05, 0) is 30.5 Å². The van der Waals surface area contributed by atoms with Crippen LogP contribution < -0.4 is 10.6 Å². The maximum Gasteiger partial charge on any atom is 0.230 e. The molecule has 1 saturated carbocycles. The Hall–Kier alpha value is -0.620. The highest BCUT2D eigenvalue weighted by Crippen LogP contribution is 2.44. The smallest absolute Gasteiger partial charge is 0.230 e. The van der Waals surface area contributed by atoms with E-state index in [0.29, 0.717) is 13.2 Å². The Morgan fingerprint density at radius 2 is 1.91 bits per heavy atom. The molecule has 0 saturated heterocycles. The van der Waals surface area contributed by atoms with Crippen LogP contribution in [0.5, 0.6) is 0 Å². The summed E-state index contributed by atoms with van der Waals surface area (Å²) >= 11 is 3.44. The van der Waals surface area contributed by atoms with Crippen molar-refractivity contribution in [1.82, 2.24) is 10.6 Å². The first-order chi connectivity index (χ1) is 10.2. The zero-order chi connectivity index (χ0) is 15.1. The zero-order valence-corrected chi connectivity index (χ0v) is 15.3. The minimum atomic E-state index is -0.312. The fourth-order valence-corrected chi connectivity index (χ4v) is 2.94. The summed E-state index contributed by atoms with van der Waals surface area (Å²) in [4.78, 5) is 12.5.